The fraction of sp³-hybridized carbons (Fsp3) is 0.415. The first-order valence-electron chi connectivity index (χ1n) is 18.1. The third kappa shape index (κ3) is 10.9. The molecule has 1 saturated heterocycles. The highest BCUT2D eigenvalue weighted by Gasteiger charge is 2.56. The summed E-state index contributed by atoms with van der Waals surface area (Å²) in [6.07, 6.45) is -0.466. The third-order valence-corrected chi connectivity index (χ3v) is 17.3. The Kier molecular flexibility index (Phi) is 14.8. The number of carbonyl (C=O) groups excluding carboxylic acids is 3. The first-order valence-corrected chi connectivity index (χ1v) is 23.7. The van der Waals surface area contributed by atoms with Crippen LogP contribution in [0, 0.1) is 21.4 Å². The molecule has 0 bridgehead atoms. The van der Waals surface area contributed by atoms with E-state index in [-0.39, 0.29) is 44.9 Å². The molecule has 0 N–H and O–H groups in total. The highest BCUT2D eigenvalue weighted by atomic mass is 35.5. The van der Waals surface area contributed by atoms with E-state index in [0.29, 0.717) is 21.2 Å². The number of hydrogen-bond acceptors (Lipinski definition) is 11. The number of nitro groups is 1. The SMILES string of the molecule is CCS[C@@H]1[C@@H]([C@@H](C)O[Si](C)(C)C(C)(C)C)C(=O)N1C(C(=O)OCc1ccc([N+](=O)[O-])cc1)=C(Oc1ccc(C(=S)c2ccc(Cl)cc2)cc1)SC(=O)C(C)(C)C. The Balaban J connectivity index is 1.80. The second kappa shape index (κ2) is 18.4. The molecule has 1 heterocycles. The largest absolute Gasteiger partial charge is 0.456 e. The van der Waals surface area contributed by atoms with Gasteiger partial charge in [0, 0.05) is 22.6 Å². The van der Waals surface area contributed by atoms with Crippen molar-refractivity contribution in [3.63, 3.8) is 0 Å². The summed E-state index contributed by atoms with van der Waals surface area (Å²) < 4.78 is 18.9. The molecule has 10 nitrogen and oxygen atoms in total. The standard InChI is InChI=1S/C41H49ClN2O8S3Si/c1-11-54-36-32(25(2)52-56(9,10)41(6,7)8)35(45)43(36)33(37(46)50-24-26-12-20-30(21-13-26)44(48)49)38(55-39(47)40(3,4)5)51-31-22-16-28(17-23-31)34(53)27-14-18-29(42)19-15-27/h12-23,25,32,36H,11,24H2,1-10H3/t25-,32+,36-/m1/s1. The number of hydrogen-bond donors (Lipinski definition) is 0. The van der Waals surface area contributed by atoms with Gasteiger partial charge in [0.25, 0.3) is 5.69 Å². The third-order valence-electron chi connectivity index (χ3n) is 9.59. The van der Waals surface area contributed by atoms with Gasteiger partial charge in [-0.2, -0.15) is 0 Å². The van der Waals surface area contributed by atoms with Crippen molar-refractivity contribution in [1.82, 2.24) is 4.90 Å². The van der Waals surface area contributed by atoms with Crippen molar-refractivity contribution in [2.24, 2.45) is 11.3 Å². The van der Waals surface area contributed by atoms with E-state index in [2.05, 4.69) is 33.9 Å². The van der Waals surface area contributed by atoms with Gasteiger partial charge >= 0.3 is 5.97 Å². The topological polar surface area (TPSA) is 125 Å². The lowest BCUT2D eigenvalue weighted by Crippen LogP contribution is -2.64. The lowest BCUT2D eigenvalue weighted by molar-refractivity contribution is -0.384. The van der Waals surface area contributed by atoms with Crippen LogP contribution in [0.2, 0.25) is 23.2 Å². The van der Waals surface area contributed by atoms with Crippen LogP contribution in [-0.4, -0.2) is 57.2 Å². The van der Waals surface area contributed by atoms with E-state index in [1.165, 1.54) is 40.9 Å². The summed E-state index contributed by atoms with van der Waals surface area (Å²) in [5.74, 6) is -0.958. The monoisotopic (exact) mass is 856 g/mol. The van der Waals surface area contributed by atoms with Crippen molar-refractivity contribution in [3.8, 4) is 5.75 Å². The summed E-state index contributed by atoms with van der Waals surface area (Å²) in [6, 6.07) is 19.7. The van der Waals surface area contributed by atoms with Crippen molar-refractivity contribution < 1.29 is 33.2 Å². The number of amides is 1. The number of carbonyl (C=O) groups is 3. The van der Waals surface area contributed by atoms with Gasteiger partial charge in [0.1, 0.15) is 12.4 Å². The van der Waals surface area contributed by atoms with Crippen LogP contribution in [0.1, 0.15) is 72.1 Å². The molecule has 0 spiro atoms. The number of β-lactam (4-membered cyclic amide) rings is 1. The lowest BCUT2D eigenvalue weighted by Gasteiger charge is -2.51. The first-order chi connectivity index (χ1) is 26.0. The molecule has 0 aromatic heterocycles. The predicted octanol–water partition coefficient (Wildman–Crippen LogP) is 10.6. The van der Waals surface area contributed by atoms with Gasteiger partial charge in [0.05, 0.1) is 27.2 Å². The van der Waals surface area contributed by atoms with Crippen LogP contribution in [0.3, 0.4) is 0 Å². The summed E-state index contributed by atoms with van der Waals surface area (Å²) in [7, 11) is -2.29. The van der Waals surface area contributed by atoms with Crippen molar-refractivity contribution in [1.29, 1.82) is 0 Å². The molecule has 1 aliphatic rings. The van der Waals surface area contributed by atoms with Gasteiger partial charge in [-0.3, -0.25) is 24.6 Å². The Morgan fingerprint density at radius 2 is 1.52 bits per heavy atom. The molecular weight excluding hydrogens is 808 g/mol. The van der Waals surface area contributed by atoms with E-state index in [0.717, 1.165) is 22.9 Å². The van der Waals surface area contributed by atoms with E-state index in [4.69, 9.17) is 37.7 Å². The number of halogens is 1. The number of rotatable bonds is 15. The van der Waals surface area contributed by atoms with Crippen molar-refractivity contribution >= 4 is 83.2 Å². The van der Waals surface area contributed by atoms with Crippen molar-refractivity contribution in [2.45, 2.75) is 91.6 Å². The van der Waals surface area contributed by atoms with Gasteiger partial charge in [-0.15, -0.1) is 11.8 Å². The van der Waals surface area contributed by atoms with Crippen molar-refractivity contribution in [3.05, 3.63) is 115 Å². The van der Waals surface area contributed by atoms with Crippen LogP contribution in [0.5, 0.6) is 5.75 Å². The number of non-ortho nitro benzene ring substituents is 1. The van der Waals surface area contributed by atoms with Crippen LogP contribution in [0.15, 0.2) is 83.6 Å². The average Bonchev–Trinajstić information content (AvgIpc) is 3.11. The molecule has 1 fully saturated rings. The quantitative estimate of drug-likeness (QED) is 0.0167. The van der Waals surface area contributed by atoms with E-state index >= 15 is 0 Å². The van der Waals surface area contributed by atoms with Gasteiger partial charge in [-0.05, 0) is 108 Å². The number of nitro benzene ring substituents is 1. The van der Waals surface area contributed by atoms with Crippen LogP contribution >= 0.6 is 47.3 Å². The maximum Gasteiger partial charge on any atom is 0.359 e. The van der Waals surface area contributed by atoms with Crippen LogP contribution < -0.4 is 4.74 Å². The number of esters is 1. The number of thioether (sulfide) groups is 2. The second-order valence-corrected chi connectivity index (χ2v) is 23.8. The fourth-order valence-electron chi connectivity index (χ4n) is 5.34. The smallest absolute Gasteiger partial charge is 0.359 e. The zero-order valence-electron chi connectivity index (χ0n) is 33.3. The minimum Gasteiger partial charge on any atom is -0.456 e. The zero-order chi connectivity index (χ0) is 41.7. The van der Waals surface area contributed by atoms with Crippen LogP contribution in [0.25, 0.3) is 0 Å². The van der Waals surface area contributed by atoms with Crippen molar-refractivity contribution in [2.75, 3.05) is 5.75 Å². The molecule has 0 unspecified atom stereocenters. The summed E-state index contributed by atoms with van der Waals surface area (Å²) in [4.78, 5) is 55.2. The molecule has 0 aliphatic carbocycles. The van der Waals surface area contributed by atoms with Gasteiger partial charge in [-0.25, -0.2) is 4.79 Å². The van der Waals surface area contributed by atoms with Crippen LogP contribution in [-0.2, 0) is 30.2 Å². The minimum absolute atomic E-state index is 0.104. The summed E-state index contributed by atoms with van der Waals surface area (Å²) in [5, 5.41) is 10.7. The zero-order valence-corrected chi connectivity index (χ0v) is 37.5. The molecule has 15 heteroatoms. The molecule has 1 aliphatic heterocycles. The van der Waals surface area contributed by atoms with Gasteiger partial charge in [0.2, 0.25) is 11.0 Å². The molecule has 3 atom stereocenters. The van der Waals surface area contributed by atoms with E-state index in [9.17, 15) is 24.5 Å². The number of ether oxygens (including phenoxy) is 2. The number of nitrogens with zero attached hydrogens (tertiary/aromatic N) is 2. The molecule has 0 radical (unpaired) electrons. The van der Waals surface area contributed by atoms with Gasteiger partial charge in [0.15, 0.2) is 19.1 Å². The Hall–Kier alpha value is -3.53. The molecule has 3 aromatic carbocycles. The minimum atomic E-state index is -2.29. The fourth-order valence-corrected chi connectivity index (χ4v) is 9.30. The highest BCUT2D eigenvalue weighted by Crippen LogP contribution is 2.46. The predicted molar refractivity (Wildman–Crippen MR) is 231 cm³/mol. The average molecular weight is 858 g/mol. The van der Waals surface area contributed by atoms with Crippen LogP contribution in [0.4, 0.5) is 5.69 Å². The number of benzene rings is 3. The van der Waals surface area contributed by atoms with Gasteiger partial charge < -0.3 is 13.9 Å². The summed E-state index contributed by atoms with van der Waals surface area (Å²) >= 11 is 14.0. The summed E-state index contributed by atoms with van der Waals surface area (Å²) in [5.41, 5.74) is 0.838. The molecule has 56 heavy (non-hydrogen) atoms. The maximum atomic E-state index is 14.4. The maximum absolute atomic E-state index is 14.4. The number of thiocarbonyl (C=S) groups is 1. The molecule has 3 aromatic rings. The molecule has 1 amide bonds. The Bertz CT molecular complexity index is 1980. The first kappa shape index (κ1) is 45.2. The van der Waals surface area contributed by atoms with Gasteiger partial charge in [-0.1, -0.05) is 84.4 Å². The van der Waals surface area contributed by atoms with E-state index in [1.807, 2.05) is 26.0 Å². The van der Waals surface area contributed by atoms with E-state index in [1.54, 1.807) is 57.2 Å². The number of likely N-dealkylation sites (tertiary alicyclic amines) is 1. The summed E-state index contributed by atoms with van der Waals surface area (Å²) in [6.45, 7) is 19.5. The second-order valence-electron chi connectivity index (χ2n) is 15.9. The lowest BCUT2D eigenvalue weighted by atomic mass is 9.92. The Morgan fingerprint density at radius 1 is 0.964 bits per heavy atom. The Labute approximate surface area is 349 Å². The highest BCUT2D eigenvalue weighted by molar-refractivity contribution is 8.16. The Morgan fingerprint density at radius 3 is 2.02 bits per heavy atom. The normalized spacial score (nSPS) is 17.1. The molecule has 0 saturated carbocycles. The molecule has 300 valence electrons. The molecular formula is C41H49ClN2O8S3Si. The van der Waals surface area contributed by atoms with E-state index < -0.39 is 42.0 Å². The molecule has 4 rings (SSSR count).